The number of hydrogen-bond acceptors (Lipinski definition) is 9. The quantitative estimate of drug-likeness (QED) is 0.286. The predicted octanol–water partition coefficient (Wildman–Crippen LogP) is 4.37. The number of imidazole rings is 1. The number of benzene rings is 2. The number of carbonyl (C=O) groups excluding carboxylic acids is 1. The fraction of sp³-hybridized carbons (Fsp3) is 0.314. The number of anilines is 1. The molecule has 0 aliphatic carbocycles. The molecule has 0 radical (unpaired) electrons. The highest BCUT2D eigenvalue weighted by Crippen LogP contribution is 2.31. The molecule has 13 heteroatoms. The van der Waals surface area contributed by atoms with Gasteiger partial charge in [0.1, 0.15) is 11.7 Å². The van der Waals surface area contributed by atoms with Crippen LogP contribution in [0.4, 0.5) is 10.1 Å². The van der Waals surface area contributed by atoms with Crippen molar-refractivity contribution >= 4 is 33.8 Å². The molecule has 3 aromatic heterocycles. The number of ether oxygens (including phenoxy) is 1. The Hall–Kier alpha value is -5.27. The molecule has 48 heavy (non-hydrogen) atoms. The lowest BCUT2D eigenvalue weighted by atomic mass is 9.86. The number of hydrogen-bond donors (Lipinski definition) is 2. The molecule has 0 unspecified atom stereocenters. The van der Waals surface area contributed by atoms with E-state index in [1.165, 1.54) is 12.3 Å². The van der Waals surface area contributed by atoms with Crippen molar-refractivity contribution in [3.05, 3.63) is 94.1 Å². The molecule has 246 valence electrons. The highest BCUT2D eigenvalue weighted by atomic mass is 19.1. The van der Waals surface area contributed by atoms with Crippen LogP contribution in [0.25, 0.3) is 33.4 Å². The first-order chi connectivity index (χ1) is 23.1. The summed E-state index contributed by atoms with van der Waals surface area (Å²) in [6.45, 7) is 7.70. The van der Waals surface area contributed by atoms with E-state index in [0.29, 0.717) is 89.8 Å². The number of amides is 1. The van der Waals surface area contributed by atoms with Crippen LogP contribution >= 0.6 is 0 Å². The summed E-state index contributed by atoms with van der Waals surface area (Å²) in [6.07, 6.45) is 7.47. The number of carbonyl (C=O) groups is 1. The Morgan fingerprint density at radius 2 is 1.94 bits per heavy atom. The van der Waals surface area contributed by atoms with Gasteiger partial charge in [-0.3, -0.25) is 9.59 Å². The molecule has 1 saturated heterocycles. The van der Waals surface area contributed by atoms with Crippen molar-refractivity contribution in [3.8, 4) is 16.9 Å². The second kappa shape index (κ2) is 12.4. The molecule has 1 fully saturated rings. The van der Waals surface area contributed by atoms with Crippen LogP contribution in [0, 0.1) is 5.82 Å². The van der Waals surface area contributed by atoms with Crippen LogP contribution in [0.5, 0.6) is 0 Å². The fourth-order valence-corrected chi connectivity index (χ4v) is 6.08. The first kappa shape index (κ1) is 31.3. The van der Waals surface area contributed by atoms with Gasteiger partial charge < -0.3 is 20.1 Å². The van der Waals surface area contributed by atoms with Gasteiger partial charge >= 0.3 is 0 Å². The molecular weight excluding hydrogens is 615 g/mol. The molecule has 0 spiro atoms. The second-order valence-corrected chi connectivity index (χ2v) is 12.9. The van der Waals surface area contributed by atoms with E-state index in [1.807, 2.05) is 20.8 Å². The van der Waals surface area contributed by atoms with Gasteiger partial charge in [-0.15, -0.1) is 0 Å². The van der Waals surface area contributed by atoms with Crippen LogP contribution in [0.1, 0.15) is 44.7 Å². The first-order valence-electron chi connectivity index (χ1n) is 15.8. The molecule has 2 N–H and O–H groups in total. The first-order valence-corrected chi connectivity index (χ1v) is 15.8. The highest BCUT2D eigenvalue weighted by Gasteiger charge is 2.24. The summed E-state index contributed by atoms with van der Waals surface area (Å²) in [6, 6.07) is 10.2. The monoisotopic (exact) mass is 650 g/mol. The lowest BCUT2D eigenvalue weighted by Crippen LogP contribution is -2.41. The molecule has 0 bridgehead atoms. The third-order valence-electron chi connectivity index (χ3n) is 8.74. The molecular formula is C35H35FN8O4. The maximum absolute atomic E-state index is 15.4. The summed E-state index contributed by atoms with van der Waals surface area (Å²) < 4.78 is 23.5. The molecule has 7 rings (SSSR count). The zero-order chi connectivity index (χ0) is 33.6. The van der Waals surface area contributed by atoms with Crippen LogP contribution in [-0.2, 0) is 21.6 Å². The van der Waals surface area contributed by atoms with Gasteiger partial charge in [0.15, 0.2) is 5.65 Å². The Kier molecular flexibility index (Phi) is 8.09. The van der Waals surface area contributed by atoms with Gasteiger partial charge in [0, 0.05) is 60.2 Å². The minimum Gasteiger partial charge on any atom is -0.392 e. The lowest BCUT2D eigenvalue weighted by Gasteiger charge is -2.28. The molecule has 1 amide bonds. The molecule has 2 aromatic carbocycles. The number of aromatic nitrogens is 5. The summed E-state index contributed by atoms with van der Waals surface area (Å²) in [4.78, 5) is 37.4. The number of nitrogens with one attached hydrogen (secondary N) is 1. The summed E-state index contributed by atoms with van der Waals surface area (Å²) in [5.41, 5.74) is 3.37. The van der Waals surface area contributed by atoms with Crippen molar-refractivity contribution < 1.29 is 19.0 Å². The van der Waals surface area contributed by atoms with E-state index < -0.39 is 18.0 Å². The number of rotatable bonds is 5. The van der Waals surface area contributed by atoms with E-state index in [1.54, 1.807) is 58.3 Å². The second-order valence-electron chi connectivity index (χ2n) is 12.9. The van der Waals surface area contributed by atoms with Gasteiger partial charge in [-0.1, -0.05) is 32.9 Å². The number of nitrogens with zero attached hydrogens (tertiary/aromatic N) is 7. The average molecular weight is 651 g/mol. The summed E-state index contributed by atoms with van der Waals surface area (Å²) in [5.74, 6) is 0.0216. The standard InChI is InChI=1S/C35H35FN8O4/c1-35(2,3)23-15-22-19-39-44(34(47)31(22)26(36)16-23)29-6-4-5-24(25(29)20-45)27-17-28(32-37-9-10-43(32)41-27)40-30-8-7-21(18-38-30)33(46)42-11-13-48-14-12-42/h4-6,9-10,15-19,45H,7-8,11-14,20H2,1-3H3,(H,38,40). The van der Waals surface area contributed by atoms with Crippen molar-refractivity contribution in [2.24, 2.45) is 4.99 Å². The van der Waals surface area contributed by atoms with Crippen molar-refractivity contribution in [1.82, 2.24) is 29.3 Å². The Bertz CT molecular complexity index is 2190. The van der Waals surface area contributed by atoms with E-state index in [4.69, 9.17) is 9.84 Å². The third kappa shape index (κ3) is 5.75. The van der Waals surface area contributed by atoms with Crippen LogP contribution in [-0.4, -0.2) is 72.4 Å². The maximum Gasteiger partial charge on any atom is 0.282 e. The van der Waals surface area contributed by atoms with Crippen molar-refractivity contribution in [1.29, 1.82) is 0 Å². The van der Waals surface area contributed by atoms with E-state index in [9.17, 15) is 14.7 Å². The van der Waals surface area contributed by atoms with Crippen molar-refractivity contribution in [2.45, 2.75) is 45.6 Å². The molecule has 0 atom stereocenters. The largest absolute Gasteiger partial charge is 0.392 e. The van der Waals surface area contributed by atoms with Gasteiger partial charge in [-0.05, 0) is 41.7 Å². The van der Waals surface area contributed by atoms with Crippen LogP contribution in [0.15, 0.2) is 76.5 Å². The SMILES string of the molecule is CC(C)(C)c1cc(F)c2c(=O)n(-c3cccc(-c4cc(NC5=NC=C(C(=O)N6CCOCC6)CC5)c5nccn5n4)c3CO)ncc2c1. The Balaban J connectivity index is 1.25. The number of aliphatic hydroxyl groups is 1. The zero-order valence-corrected chi connectivity index (χ0v) is 26.9. The smallest absolute Gasteiger partial charge is 0.282 e. The maximum atomic E-state index is 15.4. The minimum atomic E-state index is -0.632. The van der Waals surface area contributed by atoms with Gasteiger partial charge in [0.25, 0.3) is 11.5 Å². The lowest BCUT2D eigenvalue weighted by molar-refractivity contribution is -0.131. The fourth-order valence-electron chi connectivity index (χ4n) is 6.08. The number of aliphatic hydroxyl groups excluding tert-OH is 1. The Morgan fingerprint density at radius 1 is 1.12 bits per heavy atom. The van der Waals surface area contributed by atoms with Crippen LogP contribution < -0.4 is 10.9 Å². The molecule has 12 nitrogen and oxygen atoms in total. The Labute approximate surface area is 275 Å². The normalized spacial score (nSPS) is 15.5. The van der Waals surface area contributed by atoms with E-state index in [2.05, 4.69) is 20.4 Å². The molecule has 2 aliphatic rings. The topological polar surface area (TPSA) is 139 Å². The third-order valence-corrected chi connectivity index (χ3v) is 8.74. The van der Waals surface area contributed by atoms with Gasteiger partial charge in [-0.25, -0.2) is 18.9 Å². The molecule has 5 aromatic rings. The molecule has 5 heterocycles. The van der Waals surface area contributed by atoms with Crippen molar-refractivity contribution in [2.75, 3.05) is 31.6 Å². The number of aliphatic imine (C=N–C) groups is 1. The van der Waals surface area contributed by atoms with E-state index >= 15 is 4.39 Å². The average Bonchev–Trinajstić information content (AvgIpc) is 3.57. The summed E-state index contributed by atoms with van der Waals surface area (Å²) in [5, 5.41) is 23.4. The molecule has 2 aliphatic heterocycles. The zero-order valence-electron chi connectivity index (χ0n) is 26.9. The summed E-state index contributed by atoms with van der Waals surface area (Å²) >= 11 is 0. The van der Waals surface area contributed by atoms with Gasteiger partial charge in [0.2, 0.25) is 0 Å². The number of fused-ring (bicyclic) bond motifs is 2. The highest BCUT2D eigenvalue weighted by molar-refractivity contribution is 6.02. The Morgan fingerprint density at radius 3 is 2.67 bits per heavy atom. The number of amidine groups is 1. The molecule has 0 saturated carbocycles. The van der Waals surface area contributed by atoms with Crippen molar-refractivity contribution in [3.63, 3.8) is 0 Å². The predicted molar refractivity (Wildman–Crippen MR) is 180 cm³/mol. The number of morpholine rings is 1. The van der Waals surface area contributed by atoms with E-state index in [-0.39, 0.29) is 16.7 Å². The van der Waals surface area contributed by atoms with Crippen LogP contribution in [0.3, 0.4) is 0 Å². The van der Waals surface area contributed by atoms with Gasteiger partial charge in [-0.2, -0.15) is 14.9 Å². The minimum absolute atomic E-state index is 0.0169. The van der Waals surface area contributed by atoms with E-state index in [0.717, 1.165) is 10.2 Å². The van der Waals surface area contributed by atoms with Gasteiger partial charge in [0.05, 0.1) is 48.5 Å². The summed E-state index contributed by atoms with van der Waals surface area (Å²) in [7, 11) is 0. The number of halogens is 1. The van der Waals surface area contributed by atoms with Crippen LogP contribution in [0.2, 0.25) is 0 Å².